The Morgan fingerprint density at radius 3 is 2.00 bits per heavy atom. The van der Waals surface area contributed by atoms with Crippen LogP contribution in [0.15, 0.2) is 73.8 Å². The molecule has 0 radical (unpaired) electrons. The third-order valence-electron chi connectivity index (χ3n) is 6.78. The van der Waals surface area contributed by atoms with E-state index >= 15 is 0 Å². The number of rotatable bonds is 3. The minimum atomic E-state index is 1.08. The van der Waals surface area contributed by atoms with Gasteiger partial charge < -0.3 is 0 Å². The van der Waals surface area contributed by atoms with Crippen LogP contribution in [0.5, 0.6) is 0 Å². The molecule has 0 nitrogen and oxygen atoms in total. The smallest absolute Gasteiger partial charge is 0.00199 e. The molecule has 0 unspecified atom stereocenters. The summed E-state index contributed by atoms with van der Waals surface area (Å²) in [4.78, 5) is 0. The van der Waals surface area contributed by atoms with E-state index in [0.717, 1.165) is 5.22 Å². The lowest BCUT2D eigenvalue weighted by Crippen LogP contribution is -1.96. The van der Waals surface area contributed by atoms with Gasteiger partial charge in [0.1, 0.15) is 0 Å². The number of benzene rings is 4. The van der Waals surface area contributed by atoms with Crippen LogP contribution in [-0.4, -0.2) is 0 Å². The summed E-state index contributed by atoms with van der Waals surface area (Å²) in [6, 6.07) is 19.9. The van der Waals surface area contributed by atoms with E-state index in [0.29, 0.717) is 0 Å². The van der Waals surface area contributed by atoms with E-state index in [-0.39, 0.29) is 0 Å². The molecule has 0 bridgehead atoms. The molecule has 0 saturated heterocycles. The third-order valence-corrected chi connectivity index (χ3v) is 6.78. The van der Waals surface area contributed by atoms with Gasteiger partial charge in [-0.1, -0.05) is 86.5 Å². The van der Waals surface area contributed by atoms with Crippen molar-refractivity contribution in [1.82, 2.24) is 0 Å². The summed E-state index contributed by atoms with van der Waals surface area (Å²) >= 11 is 0. The van der Waals surface area contributed by atoms with E-state index in [1.807, 2.05) is 12.2 Å². The fourth-order valence-electron chi connectivity index (χ4n) is 5.54. The molecule has 0 saturated carbocycles. The fraction of sp³-hybridized carbons (Fsp3) is 0.0323. The van der Waals surface area contributed by atoms with Gasteiger partial charge in [0.2, 0.25) is 0 Å². The first-order valence-electron chi connectivity index (χ1n) is 10.7. The summed E-state index contributed by atoms with van der Waals surface area (Å²) in [5.41, 5.74) is 3.61. The maximum atomic E-state index is 4.45. The Labute approximate surface area is 181 Å². The Morgan fingerprint density at radius 2 is 1.26 bits per heavy atom. The second kappa shape index (κ2) is 6.30. The molecular formula is C31H22. The molecule has 0 heteroatoms. The summed E-state index contributed by atoms with van der Waals surface area (Å²) in [5.74, 6) is 0. The van der Waals surface area contributed by atoms with Gasteiger partial charge in [-0.3, -0.25) is 0 Å². The predicted molar refractivity (Wildman–Crippen MR) is 141 cm³/mol. The highest BCUT2D eigenvalue weighted by atomic mass is 14.2. The zero-order valence-electron chi connectivity index (χ0n) is 17.6. The molecule has 0 aliphatic carbocycles. The molecule has 0 atom stereocenters. The lowest BCUT2D eigenvalue weighted by atomic mass is 9.92. The minimum absolute atomic E-state index is 1.08. The van der Waals surface area contributed by atoms with E-state index in [9.17, 15) is 0 Å². The Kier molecular flexibility index (Phi) is 3.64. The summed E-state index contributed by atoms with van der Waals surface area (Å²) in [6.07, 6.45) is 8.29. The first-order chi connectivity index (χ1) is 15.2. The zero-order chi connectivity index (χ0) is 21.3. The maximum absolute atomic E-state index is 4.45. The van der Waals surface area contributed by atoms with Crippen LogP contribution in [0.2, 0.25) is 0 Å². The Hall–Kier alpha value is -3.90. The molecule has 6 aromatic rings. The molecule has 0 heterocycles. The molecule has 146 valence electrons. The van der Waals surface area contributed by atoms with Crippen LogP contribution >= 0.6 is 0 Å². The first-order valence-corrected chi connectivity index (χ1v) is 10.7. The normalized spacial score (nSPS) is 12.3. The minimum Gasteiger partial charge on any atom is -0.0984 e. The van der Waals surface area contributed by atoms with Crippen molar-refractivity contribution in [2.45, 2.75) is 6.92 Å². The molecule has 0 fully saturated rings. The highest BCUT2D eigenvalue weighted by Crippen LogP contribution is 2.44. The number of hydrogen-bond donors (Lipinski definition) is 0. The van der Waals surface area contributed by atoms with Crippen molar-refractivity contribution in [3.05, 3.63) is 95.7 Å². The SMILES string of the molecule is C=Cc1c(/C=C\C)c2cccc3c4cc5c(c(C=C)c4cc1c23)c(=C)c1ccccc15. The maximum Gasteiger partial charge on any atom is -0.00199 e. The Balaban J connectivity index is 1.97. The topological polar surface area (TPSA) is 0 Å². The van der Waals surface area contributed by atoms with E-state index < -0.39 is 0 Å². The zero-order valence-corrected chi connectivity index (χ0v) is 17.6. The van der Waals surface area contributed by atoms with Crippen molar-refractivity contribution in [2.75, 3.05) is 0 Å². The number of hydrogen-bond acceptors (Lipinski definition) is 0. The molecule has 0 aliphatic rings. The Bertz CT molecular complexity index is 1780. The summed E-state index contributed by atoms with van der Waals surface area (Å²) in [7, 11) is 0. The fourth-order valence-corrected chi connectivity index (χ4v) is 5.54. The predicted octanol–water partition coefficient (Wildman–Crippen LogP) is 8.34. The van der Waals surface area contributed by atoms with Gasteiger partial charge in [-0.15, -0.1) is 0 Å². The van der Waals surface area contributed by atoms with E-state index in [1.54, 1.807) is 0 Å². The quantitative estimate of drug-likeness (QED) is 0.265. The monoisotopic (exact) mass is 394 g/mol. The van der Waals surface area contributed by atoms with Gasteiger partial charge in [0, 0.05) is 0 Å². The number of allylic oxidation sites excluding steroid dienone is 1. The van der Waals surface area contributed by atoms with Crippen molar-refractivity contribution >= 4 is 78.7 Å². The van der Waals surface area contributed by atoms with Gasteiger partial charge in [-0.2, -0.15) is 0 Å². The van der Waals surface area contributed by atoms with Crippen molar-refractivity contribution in [3.63, 3.8) is 0 Å². The van der Waals surface area contributed by atoms with Crippen molar-refractivity contribution in [3.8, 4) is 0 Å². The molecule has 6 aromatic carbocycles. The molecule has 0 aliphatic heterocycles. The van der Waals surface area contributed by atoms with Crippen LogP contribution in [0, 0.1) is 0 Å². The lowest BCUT2D eigenvalue weighted by molar-refractivity contribution is 1.75. The molecule has 0 N–H and O–H groups in total. The van der Waals surface area contributed by atoms with Gasteiger partial charge in [0.15, 0.2) is 0 Å². The van der Waals surface area contributed by atoms with Gasteiger partial charge in [-0.25, -0.2) is 0 Å². The molecule has 0 amide bonds. The summed E-state index contributed by atoms with van der Waals surface area (Å²) < 4.78 is 0. The van der Waals surface area contributed by atoms with Crippen molar-refractivity contribution in [1.29, 1.82) is 0 Å². The average molecular weight is 395 g/mol. The highest BCUT2D eigenvalue weighted by Gasteiger charge is 2.19. The summed E-state index contributed by atoms with van der Waals surface area (Å²) in [6.45, 7) is 14.9. The molecule has 0 spiro atoms. The average Bonchev–Trinajstić information content (AvgIpc) is 3.26. The van der Waals surface area contributed by atoms with Gasteiger partial charge >= 0.3 is 0 Å². The Morgan fingerprint density at radius 1 is 0.581 bits per heavy atom. The lowest BCUT2D eigenvalue weighted by Gasteiger charge is -2.11. The second-order valence-corrected chi connectivity index (χ2v) is 8.22. The molecule has 6 rings (SSSR count). The molecular weight excluding hydrogens is 372 g/mol. The molecule has 31 heavy (non-hydrogen) atoms. The van der Waals surface area contributed by atoms with Gasteiger partial charge in [-0.05, 0) is 94.8 Å². The van der Waals surface area contributed by atoms with Crippen LogP contribution in [-0.2, 0) is 0 Å². The van der Waals surface area contributed by atoms with Gasteiger partial charge in [0.05, 0.1) is 0 Å². The van der Waals surface area contributed by atoms with Crippen LogP contribution < -0.4 is 5.22 Å². The number of fused-ring (bicyclic) bond motifs is 5. The van der Waals surface area contributed by atoms with Crippen LogP contribution in [0.25, 0.3) is 78.7 Å². The first kappa shape index (κ1) is 17.9. The molecule has 0 aromatic heterocycles. The van der Waals surface area contributed by atoms with E-state index in [1.165, 1.54) is 70.6 Å². The third kappa shape index (κ3) is 2.14. The standard InChI is InChI=1S/C31H22/c1-5-11-22-19(6-2)28-16-26-20(7-3)30-18(4)21-12-8-9-13-23(21)29(30)17-27(26)25-15-10-14-24(22)31(25)28/h5-17H,2-4H2,1H3/b11-5-. The van der Waals surface area contributed by atoms with Gasteiger partial charge in [0.25, 0.3) is 0 Å². The second-order valence-electron chi connectivity index (χ2n) is 8.22. The largest absolute Gasteiger partial charge is 0.0984 e. The van der Waals surface area contributed by atoms with Crippen LogP contribution in [0.4, 0.5) is 0 Å². The van der Waals surface area contributed by atoms with Crippen LogP contribution in [0.3, 0.4) is 0 Å². The van der Waals surface area contributed by atoms with Crippen molar-refractivity contribution in [2.24, 2.45) is 0 Å². The highest BCUT2D eigenvalue weighted by molar-refractivity contribution is 6.31. The van der Waals surface area contributed by atoms with Crippen molar-refractivity contribution < 1.29 is 0 Å². The van der Waals surface area contributed by atoms with E-state index in [4.69, 9.17) is 0 Å². The van der Waals surface area contributed by atoms with Crippen LogP contribution in [0.1, 0.15) is 23.6 Å². The van der Waals surface area contributed by atoms with E-state index in [2.05, 4.69) is 93.4 Å². The summed E-state index contributed by atoms with van der Waals surface area (Å²) in [5, 5.41) is 13.7.